The van der Waals surface area contributed by atoms with Gasteiger partial charge in [0.2, 0.25) is 0 Å². The van der Waals surface area contributed by atoms with E-state index in [1.165, 1.54) is 10.6 Å². The SMILES string of the molecule is Cc1ccc(N2CC(C(=O)Nc3ccnc4ccnn34)=CC2=O)cc1. The summed E-state index contributed by atoms with van der Waals surface area (Å²) in [6, 6.07) is 11.0. The van der Waals surface area contributed by atoms with Crippen molar-refractivity contribution in [2.75, 3.05) is 16.8 Å². The molecule has 1 N–H and O–H groups in total. The number of nitrogens with one attached hydrogen (secondary N) is 1. The van der Waals surface area contributed by atoms with Gasteiger partial charge >= 0.3 is 0 Å². The van der Waals surface area contributed by atoms with E-state index in [1.807, 2.05) is 31.2 Å². The second-order valence-electron chi connectivity index (χ2n) is 5.81. The summed E-state index contributed by atoms with van der Waals surface area (Å²) in [5.74, 6) is -0.0268. The van der Waals surface area contributed by atoms with Crippen LogP contribution in [0, 0.1) is 6.92 Å². The lowest BCUT2D eigenvalue weighted by Crippen LogP contribution is -2.27. The van der Waals surface area contributed by atoms with Crippen LogP contribution in [0.4, 0.5) is 11.5 Å². The molecule has 0 saturated heterocycles. The van der Waals surface area contributed by atoms with Gasteiger partial charge in [-0.1, -0.05) is 17.7 Å². The molecule has 0 spiro atoms. The van der Waals surface area contributed by atoms with Crippen LogP contribution >= 0.6 is 0 Å². The van der Waals surface area contributed by atoms with Gasteiger partial charge in [-0.2, -0.15) is 9.61 Å². The fraction of sp³-hybridized carbons (Fsp3) is 0.111. The Morgan fingerprint density at radius 3 is 2.72 bits per heavy atom. The van der Waals surface area contributed by atoms with Crippen molar-refractivity contribution in [3.8, 4) is 0 Å². The molecule has 7 nitrogen and oxygen atoms in total. The van der Waals surface area contributed by atoms with Gasteiger partial charge in [-0.05, 0) is 25.1 Å². The fourth-order valence-corrected chi connectivity index (χ4v) is 2.73. The molecule has 25 heavy (non-hydrogen) atoms. The van der Waals surface area contributed by atoms with Gasteiger partial charge in [-0.3, -0.25) is 9.59 Å². The van der Waals surface area contributed by atoms with Crippen molar-refractivity contribution in [3.05, 3.63) is 66.0 Å². The Labute approximate surface area is 143 Å². The number of hydrogen-bond donors (Lipinski definition) is 1. The molecule has 124 valence electrons. The van der Waals surface area contributed by atoms with Crippen LogP contribution in [-0.4, -0.2) is 33.0 Å². The average Bonchev–Trinajstić information content (AvgIpc) is 3.23. The number of carbonyl (C=O) groups is 2. The maximum atomic E-state index is 12.5. The third-order valence-electron chi connectivity index (χ3n) is 4.06. The zero-order valence-electron chi connectivity index (χ0n) is 13.5. The fourth-order valence-electron chi connectivity index (χ4n) is 2.73. The molecule has 0 fully saturated rings. The molecule has 1 aliphatic rings. The Morgan fingerprint density at radius 1 is 1.12 bits per heavy atom. The van der Waals surface area contributed by atoms with E-state index in [1.54, 1.807) is 29.4 Å². The molecule has 3 heterocycles. The molecule has 0 unspecified atom stereocenters. The first kappa shape index (κ1) is 15.1. The highest BCUT2D eigenvalue weighted by molar-refractivity contribution is 6.15. The second kappa shape index (κ2) is 5.86. The molecule has 1 aromatic carbocycles. The number of aryl methyl sites for hydroxylation is 1. The third-order valence-corrected chi connectivity index (χ3v) is 4.06. The quantitative estimate of drug-likeness (QED) is 0.794. The summed E-state index contributed by atoms with van der Waals surface area (Å²) in [6.07, 6.45) is 4.57. The van der Waals surface area contributed by atoms with Crippen molar-refractivity contribution in [1.82, 2.24) is 14.6 Å². The number of aromatic nitrogens is 3. The summed E-state index contributed by atoms with van der Waals surface area (Å²) < 4.78 is 1.53. The van der Waals surface area contributed by atoms with Crippen molar-refractivity contribution in [2.24, 2.45) is 0 Å². The Bertz CT molecular complexity index is 1000. The molecule has 3 aromatic rings. The topological polar surface area (TPSA) is 79.6 Å². The minimum Gasteiger partial charge on any atom is -0.307 e. The summed E-state index contributed by atoms with van der Waals surface area (Å²) in [5.41, 5.74) is 2.92. The first-order valence-corrected chi connectivity index (χ1v) is 7.81. The van der Waals surface area contributed by atoms with Crippen LogP contribution in [0.2, 0.25) is 0 Å². The molecular weight excluding hydrogens is 318 g/mol. The molecular formula is C18H15N5O2. The number of benzene rings is 1. The zero-order valence-corrected chi connectivity index (χ0v) is 13.5. The van der Waals surface area contributed by atoms with Gasteiger partial charge in [-0.25, -0.2) is 4.98 Å². The van der Waals surface area contributed by atoms with Gasteiger partial charge in [0.25, 0.3) is 11.8 Å². The lowest BCUT2D eigenvalue weighted by Gasteiger charge is -2.16. The average molecular weight is 333 g/mol. The highest BCUT2D eigenvalue weighted by Gasteiger charge is 2.27. The van der Waals surface area contributed by atoms with E-state index in [9.17, 15) is 9.59 Å². The van der Waals surface area contributed by atoms with Crippen LogP contribution in [0.1, 0.15) is 5.56 Å². The lowest BCUT2D eigenvalue weighted by molar-refractivity contribution is -0.114. The van der Waals surface area contributed by atoms with Gasteiger partial charge in [-0.15, -0.1) is 0 Å². The number of amides is 2. The highest BCUT2D eigenvalue weighted by atomic mass is 16.2. The van der Waals surface area contributed by atoms with Crippen molar-refractivity contribution in [1.29, 1.82) is 0 Å². The molecule has 0 atom stereocenters. The maximum absolute atomic E-state index is 12.5. The number of carbonyl (C=O) groups excluding carboxylic acids is 2. The summed E-state index contributed by atoms with van der Waals surface area (Å²) in [6.45, 7) is 2.22. The van der Waals surface area contributed by atoms with E-state index >= 15 is 0 Å². The minimum absolute atomic E-state index is 0.201. The standard InChI is InChI=1S/C18H15N5O2/c1-12-2-4-14(5-3-12)22-11-13(10-17(22)24)18(25)21-16-6-8-19-15-7-9-20-23(15)16/h2-10H,11H2,1H3,(H,21,25). The number of anilines is 2. The molecule has 2 aromatic heterocycles. The molecule has 4 rings (SSSR count). The second-order valence-corrected chi connectivity index (χ2v) is 5.81. The van der Waals surface area contributed by atoms with E-state index in [2.05, 4.69) is 15.4 Å². The van der Waals surface area contributed by atoms with Crippen molar-refractivity contribution in [2.45, 2.75) is 6.92 Å². The van der Waals surface area contributed by atoms with Gasteiger partial charge in [0.1, 0.15) is 5.82 Å². The molecule has 7 heteroatoms. The van der Waals surface area contributed by atoms with E-state index in [0.29, 0.717) is 17.0 Å². The Balaban J connectivity index is 1.53. The summed E-state index contributed by atoms with van der Waals surface area (Å²) in [4.78, 5) is 30.5. The zero-order chi connectivity index (χ0) is 17.4. The first-order chi connectivity index (χ1) is 12.1. The monoisotopic (exact) mass is 333 g/mol. The van der Waals surface area contributed by atoms with Crippen LogP contribution in [0.5, 0.6) is 0 Å². The van der Waals surface area contributed by atoms with Crippen LogP contribution < -0.4 is 10.2 Å². The van der Waals surface area contributed by atoms with Crippen molar-refractivity contribution >= 4 is 29.0 Å². The van der Waals surface area contributed by atoms with E-state index < -0.39 is 0 Å². The van der Waals surface area contributed by atoms with Crippen LogP contribution in [-0.2, 0) is 9.59 Å². The number of nitrogens with zero attached hydrogens (tertiary/aromatic N) is 4. The molecule has 0 radical (unpaired) electrons. The van der Waals surface area contributed by atoms with E-state index in [0.717, 1.165) is 11.3 Å². The lowest BCUT2D eigenvalue weighted by atomic mass is 10.2. The van der Waals surface area contributed by atoms with Crippen molar-refractivity contribution < 1.29 is 9.59 Å². The number of fused-ring (bicyclic) bond motifs is 1. The Hall–Kier alpha value is -3.48. The molecule has 1 aliphatic heterocycles. The Kier molecular flexibility index (Phi) is 3.53. The van der Waals surface area contributed by atoms with Gasteiger partial charge in [0, 0.05) is 29.6 Å². The molecule has 0 bridgehead atoms. The highest BCUT2D eigenvalue weighted by Crippen LogP contribution is 2.22. The largest absolute Gasteiger partial charge is 0.307 e. The van der Waals surface area contributed by atoms with Gasteiger partial charge in [0.15, 0.2) is 5.65 Å². The predicted octanol–water partition coefficient (Wildman–Crippen LogP) is 1.95. The smallest absolute Gasteiger partial charge is 0.254 e. The number of rotatable bonds is 3. The Morgan fingerprint density at radius 2 is 1.92 bits per heavy atom. The van der Waals surface area contributed by atoms with Crippen LogP contribution in [0.25, 0.3) is 5.65 Å². The maximum Gasteiger partial charge on any atom is 0.254 e. The minimum atomic E-state index is -0.328. The van der Waals surface area contributed by atoms with E-state index in [4.69, 9.17) is 0 Å². The molecule has 0 aliphatic carbocycles. The summed E-state index contributed by atoms with van der Waals surface area (Å²) in [7, 11) is 0. The molecule has 0 saturated carbocycles. The van der Waals surface area contributed by atoms with E-state index in [-0.39, 0.29) is 18.4 Å². The summed E-state index contributed by atoms with van der Waals surface area (Å²) in [5, 5.41) is 6.92. The first-order valence-electron chi connectivity index (χ1n) is 7.81. The number of hydrogen-bond acceptors (Lipinski definition) is 4. The van der Waals surface area contributed by atoms with Crippen LogP contribution in [0.3, 0.4) is 0 Å². The normalized spacial score (nSPS) is 14.0. The van der Waals surface area contributed by atoms with Crippen LogP contribution in [0.15, 0.2) is 60.4 Å². The predicted molar refractivity (Wildman–Crippen MR) is 93.2 cm³/mol. The molecule has 2 amide bonds. The summed E-state index contributed by atoms with van der Waals surface area (Å²) >= 11 is 0. The third kappa shape index (κ3) is 2.76. The van der Waals surface area contributed by atoms with Crippen molar-refractivity contribution in [3.63, 3.8) is 0 Å². The van der Waals surface area contributed by atoms with Gasteiger partial charge in [0.05, 0.1) is 12.7 Å². The van der Waals surface area contributed by atoms with Gasteiger partial charge < -0.3 is 10.2 Å².